The molecule has 1 rings (SSSR count). The highest BCUT2D eigenvalue weighted by molar-refractivity contribution is 4.87. The summed E-state index contributed by atoms with van der Waals surface area (Å²) in [5, 5.41) is 0. The molecule has 0 heterocycles. The number of ether oxygens (including phenoxy) is 1. The van der Waals surface area contributed by atoms with Crippen LogP contribution in [0.2, 0.25) is 0 Å². The van der Waals surface area contributed by atoms with E-state index in [1.807, 2.05) is 0 Å². The van der Waals surface area contributed by atoms with E-state index in [-0.39, 0.29) is 0 Å². The normalized spacial score (nSPS) is 28.8. The Balaban J connectivity index is 2.27. The molecule has 0 aromatic heterocycles. The molecule has 2 nitrogen and oxygen atoms in total. The zero-order chi connectivity index (χ0) is 13.4. The van der Waals surface area contributed by atoms with Crippen LogP contribution >= 0.6 is 0 Å². The van der Waals surface area contributed by atoms with Crippen LogP contribution in [0.25, 0.3) is 0 Å². The molecular formula is C16H33NO. The maximum Gasteiger partial charge on any atom is 0.0471 e. The van der Waals surface area contributed by atoms with E-state index in [0.29, 0.717) is 5.41 Å². The quantitative estimate of drug-likeness (QED) is 0.666. The zero-order valence-corrected chi connectivity index (χ0v) is 12.7. The predicted octanol–water partition coefficient (Wildman–Crippen LogP) is 3.98. The number of rotatable bonds is 8. The Morgan fingerprint density at radius 1 is 1.33 bits per heavy atom. The fourth-order valence-electron chi connectivity index (χ4n) is 3.15. The molecule has 1 aliphatic carbocycles. The lowest BCUT2D eigenvalue weighted by atomic mass is 9.67. The summed E-state index contributed by atoms with van der Waals surface area (Å²) in [4.78, 5) is 0. The summed E-state index contributed by atoms with van der Waals surface area (Å²) in [6, 6.07) is 0. The van der Waals surface area contributed by atoms with E-state index in [2.05, 4.69) is 20.8 Å². The maximum absolute atomic E-state index is 6.06. The van der Waals surface area contributed by atoms with Crippen LogP contribution < -0.4 is 5.73 Å². The van der Waals surface area contributed by atoms with Crippen molar-refractivity contribution in [2.45, 2.75) is 65.7 Å². The van der Waals surface area contributed by atoms with E-state index in [0.717, 1.165) is 38.0 Å². The molecule has 1 saturated carbocycles. The van der Waals surface area contributed by atoms with Crippen molar-refractivity contribution in [3.8, 4) is 0 Å². The van der Waals surface area contributed by atoms with Crippen LogP contribution in [-0.4, -0.2) is 19.8 Å². The lowest BCUT2D eigenvalue weighted by Gasteiger charge is -2.40. The van der Waals surface area contributed by atoms with Crippen molar-refractivity contribution in [3.05, 3.63) is 0 Å². The molecule has 1 fully saturated rings. The van der Waals surface area contributed by atoms with Crippen molar-refractivity contribution in [1.82, 2.24) is 0 Å². The molecular weight excluding hydrogens is 222 g/mol. The second-order valence-corrected chi connectivity index (χ2v) is 6.62. The molecule has 0 aromatic rings. The standard InChI is InChI=1S/C16H33NO/c1-4-15-6-5-8-16(12-15,13-17)9-11-18-10-7-14(2)3/h14-15H,4-13,17H2,1-3H3. The maximum atomic E-state index is 6.06. The van der Waals surface area contributed by atoms with Gasteiger partial charge >= 0.3 is 0 Å². The molecule has 2 atom stereocenters. The van der Waals surface area contributed by atoms with Crippen molar-refractivity contribution in [1.29, 1.82) is 0 Å². The smallest absolute Gasteiger partial charge is 0.0471 e. The summed E-state index contributed by atoms with van der Waals surface area (Å²) < 4.78 is 5.79. The molecule has 108 valence electrons. The highest BCUT2D eigenvalue weighted by Gasteiger charge is 2.34. The van der Waals surface area contributed by atoms with Crippen LogP contribution in [0.5, 0.6) is 0 Å². The molecule has 0 spiro atoms. The summed E-state index contributed by atoms with van der Waals surface area (Å²) in [6.07, 6.45) is 9.07. The molecule has 2 heteroatoms. The summed E-state index contributed by atoms with van der Waals surface area (Å²) in [5.41, 5.74) is 6.45. The van der Waals surface area contributed by atoms with E-state index in [4.69, 9.17) is 10.5 Å². The van der Waals surface area contributed by atoms with Gasteiger partial charge in [0.2, 0.25) is 0 Å². The Kier molecular flexibility index (Phi) is 7.25. The first-order valence-electron chi connectivity index (χ1n) is 7.89. The third kappa shape index (κ3) is 5.27. The third-order valence-corrected chi connectivity index (χ3v) is 4.67. The predicted molar refractivity (Wildman–Crippen MR) is 78.6 cm³/mol. The van der Waals surface area contributed by atoms with Crippen LogP contribution in [0.4, 0.5) is 0 Å². The van der Waals surface area contributed by atoms with Gasteiger partial charge in [-0.05, 0) is 49.5 Å². The van der Waals surface area contributed by atoms with Crippen molar-refractivity contribution in [2.75, 3.05) is 19.8 Å². The first-order chi connectivity index (χ1) is 8.62. The molecule has 0 aromatic carbocycles. The minimum absolute atomic E-state index is 0.386. The van der Waals surface area contributed by atoms with Crippen LogP contribution in [-0.2, 0) is 4.74 Å². The van der Waals surface area contributed by atoms with E-state index in [1.54, 1.807) is 0 Å². The largest absolute Gasteiger partial charge is 0.381 e. The molecule has 2 N–H and O–H groups in total. The van der Waals surface area contributed by atoms with Crippen molar-refractivity contribution >= 4 is 0 Å². The third-order valence-electron chi connectivity index (χ3n) is 4.67. The lowest BCUT2D eigenvalue weighted by molar-refractivity contribution is 0.0580. The van der Waals surface area contributed by atoms with E-state index in [1.165, 1.54) is 38.5 Å². The molecule has 18 heavy (non-hydrogen) atoms. The van der Waals surface area contributed by atoms with Crippen LogP contribution in [0.1, 0.15) is 65.7 Å². The second kappa shape index (κ2) is 8.16. The Hall–Kier alpha value is -0.0800. The van der Waals surface area contributed by atoms with Gasteiger partial charge in [0.15, 0.2) is 0 Å². The lowest BCUT2D eigenvalue weighted by Crippen LogP contribution is -2.37. The molecule has 0 saturated heterocycles. The van der Waals surface area contributed by atoms with Crippen molar-refractivity contribution in [2.24, 2.45) is 23.0 Å². The fraction of sp³-hybridized carbons (Fsp3) is 1.00. The van der Waals surface area contributed by atoms with Gasteiger partial charge in [0, 0.05) is 13.2 Å². The van der Waals surface area contributed by atoms with Gasteiger partial charge in [0.1, 0.15) is 0 Å². The topological polar surface area (TPSA) is 35.2 Å². The highest BCUT2D eigenvalue weighted by atomic mass is 16.5. The van der Waals surface area contributed by atoms with Gasteiger partial charge in [-0.1, -0.05) is 40.0 Å². The number of hydrogen-bond donors (Lipinski definition) is 1. The molecule has 0 aliphatic heterocycles. The average molecular weight is 255 g/mol. The van der Waals surface area contributed by atoms with Crippen LogP contribution in [0.3, 0.4) is 0 Å². The molecule has 0 amide bonds. The van der Waals surface area contributed by atoms with Gasteiger partial charge in [-0.25, -0.2) is 0 Å². The van der Waals surface area contributed by atoms with Gasteiger partial charge in [-0.15, -0.1) is 0 Å². The average Bonchev–Trinajstić information content (AvgIpc) is 2.38. The number of hydrogen-bond acceptors (Lipinski definition) is 2. The summed E-state index contributed by atoms with van der Waals surface area (Å²) >= 11 is 0. The first kappa shape index (κ1) is 16.0. The van der Waals surface area contributed by atoms with Gasteiger partial charge in [-0.2, -0.15) is 0 Å². The minimum atomic E-state index is 0.386. The van der Waals surface area contributed by atoms with E-state index in [9.17, 15) is 0 Å². The number of nitrogens with two attached hydrogens (primary N) is 1. The van der Waals surface area contributed by atoms with Crippen LogP contribution in [0.15, 0.2) is 0 Å². The molecule has 1 aliphatic rings. The van der Waals surface area contributed by atoms with Gasteiger partial charge in [0.25, 0.3) is 0 Å². The van der Waals surface area contributed by atoms with E-state index < -0.39 is 0 Å². The molecule has 2 unspecified atom stereocenters. The van der Waals surface area contributed by atoms with Crippen molar-refractivity contribution < 1.29 is 4.74 Å². The Morgan fingerprint density at radius 2 is 2.11 bits per heavy atom. The minimum Gasteiger partial charge on any atom is -0.381 e. The van der Waals surface area contributed by atoms with Crippen molar-refractivity contribution in [3.63, 3.8) is 0 Å². The van der Waals surface area contributed by atoms with Gasteiger partial charge < -0.3 is 10.5 Å². The Morgan fingerprint density at radius 3 is 2.72 bits per heavy atom. The molecule has 0 bridgehead atoms. The second-order valence-electron chi connectivity index (χ2n) is 6.62. The summed E-state index contributed by atoms with van der Waals surface area (Å²) in [6.45, 7) is 9.47. The summed E-state index contributed by atoms with van der Waals surface area (Å²) in [5.74, 6) is 1.64. The van der Waals surface area contributed by atoms with Gasteiger partial charge in [0.05, 0.1) is 0 Å². The Labute approximate surface area is 114 Å². The fourth-order valence-corrected chi connectivity index (χ4v) is 3.15. The van der Waals surface area contributed by atoms with Gasteiger partial charge in [-0.3, -0.25) is 0 Å². The highest BCUT2D eigenvalue weighted by Crippen LogP contribution is 2.42. The summed E-state index contributed by atoms with van der Waals surface area (Å²) in [7, 11) is 0. The van der Waals surface area contributed by atoms with Crippen LogP contribution in [0, 0.1) is 17.3 Å². The Bertz CT molecular complexity index is 217. The molecule has 0 radical (unpaired) electrons. The zero-order valence-electron chi connectivity index (χ0n) is 12.7. The first-order valence-corrected chi connectivity index (χ1v) is 7.89. The van der Waals surface area contributed by atoms with E-state index >= 15 is 0 Å². The monoisotopic (exact) mass is 255 g/mol. The SMILES string of the molecule is CCC1CCCC(CN)(CCOCCC(C)C)C1.